The van der Waals surface area contributed by atoms with Gasteiger partial charge in [0.15, 0.2) is 0 Å². The molecular weight excluding hydrogens is 488 g/mol. The van der Waals surface area contributed by atoms with E-state index in [0.29, 0.717) is 23.6 Å². The minimum Gasteiger partial charge on any atom is -0.489 e. The maximum atomic E-state index is 13.1. The number of aliphatic imine (C=N–C) groups is 1. The summed E-state index contributed by atoms with van der Waals surface area (Å²) >= 11 is 1.60. The molecule has 0 saturated heterocycles. The van der Waals surface area contributed by atoms with Crippen LogP contribution in [-0.2, 0) is 26.0 Å². The molecule has 1 aliphatic carbocycles. The Kier molecular flexibility index (Phi) is 7.46. The number of aromatic carboxylic acids is 1. The van der Waals surface area contributed by atoms with Gasteiger partial charge in [0, 0.05) is 11.1 Å². The van der Waals surface area contributed by atoms with Crippen molar-refractivity contribution in [2.45, 2.75) is 38.8 Å². The van der Waals surface area contributed by atoms with Gasteiger partial charge >= 0.3 is 5.97 Å². The standard InChI is InChI=1S/C29H26N2O5S/c32-27(30-17-23-7-4-14-35-23)26-24-8-1-2-9-25(24)37-28(26)31-16-19-10-12-22(13-11-19)36-18-20-5-3-6-21(15-20)29(33)34/h3-7,10-16H,1-2,8-9,17-18H2,(H,30,32)(H,33,34). The second-order valence-electron chi connectivity index (χ2n) is 8.77. The highest BCUT2D eigenvalue weighted by Gasteiger charge is 2.25. The minimum atomic E-state index is -0.963. The van der Waals surface area contributed by atoms with Crippen LogP contribution in [0, 0.1) is 0 Å². The first kappa shape index (κ1) is 24.5. The Hall–Kier alpha value is -4.17. The summed E-state index contributed by atoms with van der Waals surface area (Å²) in [6.45, 7) is 0.605. The van der Waals surface area contributed by atoms with Crippen molar-refractivity contribution >= 4 is 34.4 Å². The summed E-state index contributed by atoms with van der Waals surface area (Å²) in [4.78, 5) is 30.2. The van der Waals surface area contributed by atoms with E-state index in [4.69, 9.17) is 19.3 Å². The average molecular weight is 515 g/mol. The van der Waals surface area contributed by atoms with Gasteiger partial charge in [0.2, 0.25) is 0 Å². The molecule has 1 amide bonds. The molecule has 188 valence electrons. The van der Waals surface area contributed by atoms with Crippen molar-refractivity contribution in [3.05, 3.63) is 105 Å². The predicted molar refractivity (Wildman–Crippen MR) is 142 cm³/mol. The summed E-state index contributed by atoms with van der Waals surface area (Å²) in [5, 5.41) is 12.8. The third-order valence-corrected chi connectivity index (χ3v) is 7.37. The van der Waals surface area contributed by atoms with Crippen LogP contribution in [0.1, 0.15) is 60.9 Å². The molecule has 2 N–H and O–H groups in total. The number of rotatable bonds is 9. The maximum absolute atomic E-state index is 13.1. The van der Waals surface area contributed by atoms with Gasteiger partial charge in [0.25, 0.3) is 5.91 Å². The van der Waals surface area contributed by atoms with Crippen molar-refractivity contribution in [3.8, 4) is 5.75 Å². The largest absolute Gasteiger partial charge is 0.489 e. The van der Waals surface area contributed by atoms with Crippen LogP contribution in [0.2, 0.25) is 0 Å². The third-order valence-electron chi connectivity index (χ3n) is 6.17. The number of carboxylic acid groups (broad SMARTS) is 1. The summed E-state index contributed by atoms with van der Waals surface area (Å²) in [6.07, 6.45) is 7.44. The number of carbonyl (C=O) groups excluding carboxylic acids is 1. The first-order valence-corrected chi connectivity index (χ1v) is 12.9. The van der Waals surface area contributed by atoms with Gasteiger partial charge in [-0.25, -0.2) is 9.79 Å². The van der Waals surface area contributed by atoms with Crippen LogP contribution in [0.4, 0.5) is 5.00 Å². The molecule has 7 nitrogen and oxygen atoms in total. The first-order valence-electron chi connectivity index (χ1n) is 12.1. The highest BCUT2D eigenvalue weighted by atomic mass is 32.1. The normalized spacial score (nSPS) is 12.9. The number of carbonyl (C=O) groups is 2. The van der Waals surface area contributed by atoms with E-state index in [0.717, 1.165) is 47.4 Å². The lowest BCUT2D eigenvalue weighted by atomic mass is 9.95. The van der Waals surface area contributed by atoms with Crippen LogP contribution in [0.3, 0.4) is 0 Å². The molecule has 2 heterocycles. The van der Waals surface area contributed by atoms with Crippen molar-refractivity contribution in [3.63, 3.8) is 0 Å². The quantitative estimate of drug-likeness (QED) is 0.260. The van der Waals surface area contributed by atoms with Gasteiger partial charge in [-0.15, -0.1) is 11.3 Å². The van der Waals surface area contributed by atoms with E-state index in [9.17, 15) is 9.59 Å². The molecule has 0 fully saturated rings. The monoisotopic (exact) mass is 514 g/mol. The van der Waals surface area contributed by atoms with Gasteiger partial charge in [0.05, 0.1) is 23.9 Å². The van der Waals surface area contributed by atoms with Crippen molar-refractivity contribution in [1.82, 2.24) is 5.32 Å². The molecule has 2 aromatic carbocycles. The van der Waals surface area contributed by atoms with Crippen molar-refractivity contribution in [2.24, 2.45) is 4.99 Å². The fourth-order valence-electron chi connectivity index (χ4n) is 4.29. The van der Waals surface area contributed by atoms with Crippen LogP contribution in [0.15, 0.2) is 76.3 Å². The molecule has 0 unspecified atom stereocenters. The molecule has 2 aromatic heterocycles. The van der Waals surface area contributed by atoms with E-state index >= 15 is 0 Å². The summed E-state index contributed by atoms with van der Waals surface area (Å²) in [7, 11) is 0. The molecule has 0 aliphatic heterocycles. The summed E-state index contributed by atoms with van der Waals surface area (Å²) in [5.74, 6) is 0.288. The predicted octanol–water partition coefficient (Wildman–Crippen LogP) is 6.18. The second kappa shape index (κ2) is 11.3. The first-order chi connectivity index (χ1) is 18.1. The zero-order valence-electron chi connectivity index (χ0n) is 20.1. The Balaban J connectivity index is 1.27. The van der Waals surface area contributed by atoms with Crippen LogP contribution in [0.25, 0.3) is 0 Å². The lowest BCUT2D eigenvalue weighted by Gasteiger charge is -2.12. The molecule has 37 heavy (non-hydrogen) atoms. The van der Waals surface area contributed by atoms with Gasteiger partial charge in [-0.2, -0.15) is 0 Å². The number of ether oxygens (including phenoxy) is 1. The molecule has 4 aromatic rings. The molecule has 0 saturated carbocycles. The summed E-state index contributed by atoms with van der Waals surface area (Å²) in [5.41, 5.74) is 3.69. The van der Waals surface area contributed by atoms with E-state index < -0.39 is 5.97 Å². The number of thiophene rings is 1. The van der Waals surface area contributed by atoms with Gasteiger partial charge < -0.3 is 19.6 Å². The lowest BCUT2D eigenvalue weighted by Crippen LogP contribution is -2.23. The van der Waals surface area contributed by atoms with Crippen molar-refractivity contribution in [2.75, 3.05) is 0 Å². The molecular formula is C29H26N2O5S. The molecule has 0 atom stereocenters. The molecule has 5 rings (SSSR count). The van der Waals surface area contributed by atoms with Gasteiger partial charge in [-0.3, -0.25) is 4.79 Å². The van der Waals surface area contributed by atoms with Crippen LogP contribution < -0.4 is 10.1 Å². The van der Waals surface area contributed by atoms with Gasteiger partial charge in [-0.1, -0.05) is 12.1 Å². The Morgan fingerprint density at radius 1 is 1.08 bits per heavy atom. The number of aryl methyl sites for hydroxylation is 1. The van der Waals surface area contributed by atoms with Gasteiger partial charge in [-0.05, 0) is 90.9 Å². The Morgan fingerprint density at radius 2 is 1.92 bits per heavy atom. The number of furan rings is 1. The molecule has 8 heteroatoms. The lowest BCUT2D eigenvalue weighted by molar-refractivity contribution is 0.0696. The Labute approximate surface area is 218 Å². The highest BCUT2D eigenvalue weighted by Crippen LogP contribution is 2.40. The third kappa shape index (κ3) is 5.98. The van der Waals surface area contributed by atoms with Crippen LogP contribution >= 0.6 is 11.3 Å². The minimum absolute atomic E-state index is 0.126. The number of hydrogen-bond donors (Lipinski definition) is 2. The fourth-order valence-corrected chi connectivity index (χ4v) is 5.52. The number of amides is 1. The van der Waals surface area contributed by atoms with Gasteiger partial charge in [0.1, 0.15) is 23.1 Å². The smallest absolute Gasteiger partial charge is 0.335 e. The number of carboxylic acids is 1. The van der Waals surface area contributed by atoms with E-state index in [1.807, 2.05) is 36.4 Å². The number of nitrogens with zero attached hydrogens (tertiary/aromatic N) is 1. The SMILES string of the molecule is O=C(O)c1cccc(COc2ccc(C=Nc3sc4c(c3C(=O)NCc3ccco3)CCCC4)cc2)c1. The summed E-state index contributed by atoms with van der Waals surface area (Å²) < 4.78 is 11.2. The molecule has 1 aliphatic rings. The van der Waals surface area contributed by atoms with Crippen LogP contribution in [-0.4, -0.2) is 23.2 Å². The fraction of sp³-hybridized carbons (Fsp3) is 0.207. The maximum Gasteiger partial charge on any atom is 0.335 e. The second-order valence-corrected chi connectivity index (χ2v) is 9.86. The van der Waals surface area contributed by atoms with E-state index in [1.165, 1.54) is 4.88 Å². The highest BCUT2D eigenvalue weighted by molar-refractivity contribution is 7.16. The van der Waals surface area contributed by atoms with E-state index in [2.05, 4.69) is 5.32 Å². The summed E-state index contributed by atoms with van der Waals surface area (Å²) in [6, 6.07) is 17.8. The number of nitrogens with one attached hydrogen (secondary N) is 1. The number of hydrogen-bond acceptors (Lipinski definition) is 6. The van der Waals surface area contributed by atoms with E-state index in [1.54, 1.807) is 48.1 Å². The Morgan fingerprint density at radius 3 is 2.70 bits per heavy atom. The zero-order chi connectivity index (χ0) is 25.6. The Bertz CT molecular complexity index is 1420. The number of fused-ring (bicyclic) bond motifs is 1. The van der Waals surface area contributed by atoms with Crippen LogP contribution in [0.5, 0.6) is 5.75 Å². The molecule has 0 radical (unpaired) electrons. The zero-order valence-corrected chi connectivity index (χ0v) is 20.9. The molecule has 0 spiro atoms. The molecule has 0 bridgehead atoms. The number of benzene rings is 2. The van der Waals surface area contributed by atoms with Crippen molar-refractivity contribution < 1.29 is 23.8 Å². The van der Waals surface area contributed by atoms with Crippen molar-refractivity contribution in [1.29, 1.82) is 0 Å². The topological polar surface area (TPSA) is 101 Å². The average Bonchev–Trinajstić information content (AvgIpc) is 3.58. The van der Waals surface area contributed by atoms with E-state index in [-0.39, 0.29) is 18.1 Å².